The standard InChI is InChI=1S/C16H12N4O2S/c1-9-6-7-13(22-9)15-17-12(8-23-15)14(21)20-16-18-10-4-2-3-5-11(10)19-16/h2-8H,1H3,(H2,18,19,20,21). The van der Waals surface area contributed by atoms with Crippen LogP contribution in [0.3, 0.4) is 0 Å². The minimum atomic E-state index is -0.310. The number of rotatable bonds is 3. The van der Waals surface area contributed by atoms with Gasteiger partial charge in [-0.3, -0.25) is 10.1 Å². The fraction of sp³-hybridized carbons (Fsp3) is 0.0625. The van der Waals surface area contributed by atoms with Crippen molar-refractivity contribution in [1.29, 1.82) is 0 Å². The Morgan fingerprint density at radius 3 is 2.87 bits per heavy atom. The van der Waals surface area contributed by atoms with Crippen LogP contribution in [0.25, 0.3) is 21.8 Å². The second-order valence-corrected chi connectivity index (χ2v) is 5.86. The van der Waals surface area contributed by atoms with Gasteiger partial charge in [0.1, 0.15) is 11.5 Å². The molecule has 0 atom stereocenters. The van der Waals surface area contributed by atoms with Crippen LogP contribution in [0.15, 0.2) is 46.2 Å². The zero-order valence-corrected chi connectivity index (χ0v) is 13.0. The maximum atomic E-state index is 12.3. The summed E-state index contributed by atoms with van der Waals surface area (Å²) in [5, 5.41) is 5.10. The zero-order valence-electron chi connectivity index (χ0n) is 12.2. The number of H-pyrrole nitrogens is 1. The average Bonchev–Trinajstić information content (AvgIpc) is 3.24. The number of nitrogens with zero attached hydrogens (tertiary/aromatic N) is 2. The van der Waals surface area contributed by atoms with Crippen molar-refractivity contribution >= 4 is 34.2 Å². The first-order valence-corrected chi connectivity index (χ1v) is 7.85. The van der Waals surface area contributed by atoms with E-state index < -0.39 is 0 Å². The number of aromatic amines is 1. The first-order valence-electron chi connectivity index (χ1n) is 6.97. The van der Waals surface area contributed by atoms with Crippen LogP contribution in [-0.2, 0) is 0 Å². The molecule has 0 saturated heterocycles. The summed E-state index contributed by atoms with van der Waals surface area (Å²) in [6.45, 7) is 1.87. The van der Waals surface area contributed by atoms with Crippen LogP contribution in [0.5, 0.6) is 0 Å². The molecular formula is C16H12N4O2S. The van der Waals surface area contributed by atoms with E-state index in [1.807, 2.05) is 43.3 Å². The highest BCUT2D eigenvalue weighted by molar-refractivity contribution is 7.13. The minimum absolute atomic E-state index is 0.310. The average molecular weight is 324 g/mol. The molecule has 0 bridgehead atoms. The number of benzene rings is 1. The minimum Gasteiger partial charge on any atom is -0.459 e. The Kier molecular flexibility index (Phi) is 3.20. The number of hydrogen-bond donors (Lipinski definition) is 2. The van der Waals surface area contributed by atoms with Crippen LogP contribution >= 0.6 is 11.3 Å². The largest absolute Gasteiger partial charge is 0.459 e. The first-order chi connectivity index (χ1) is 11.2. The highest BCUT2D eigenvalue weighted by Gasteiger charge is 2.15. The second kappa shape index (κ2) is 5.36. The van der Waals surface area contributed by atoms with Gasteiger partial charge >= 0.3 is 0 Å². The van der Waals surface area contributed by atoms with E-state index in [1.165, 1.54) is 11.3 Å². The Bertz CT molecular complexity index is 965. The molecule has 4 aromatic rings. The molecular weight excluding hydrogens is 312 g/mol. The molecule has 23 heavy (non-hydrogen) atoms. The first kappa shape index (κ1) is 13.7. The number of carbonyl (C=O) groups excluding carboxylic acids is 1. The van der Waals surface area contributed by atoms with Crippen molar-refractivity contribution in [3.8, 4) is 10.8 Å². The summed E-state index contributed by atoms with van der Waals surface area (Å²) in [7, 11) is 0. The molecule has 0 aliphatic heterocycles. The van der Waals surface area contributed by atoms with E-state index in [9.17, 15) is 4.79 Å². The lowest BCUT2D eigenvalue weighted by molar-refractivity contribution is 0.102. The lowest BCUT2D eigenvalue weighted by atomic mass is 10.3. The second-order valence-electron chi connectivity index (χ2n) is 5.00. The van der Waals surface area contributed by atoms with Gasteiger partial charge in [-0.1, -0.05) is 12.1 Å². The third-order valence-electron chi connectivity index (χ3n) is 3.31. The fourth-order valence-corrected chi connectivity index (χ4v) is 2.98. The number of carbonyl (C=O) groups is 1. The van der Waals surface area contributed by atoms with E-state index in [-0.39, 0.29) is 5.91 Å². The molecule has 2 N–H and O–H groups in total. The molecule has 0 saturated carbocycles. The van der Waals surface area contributed by atoms with Crippen molar-refractivity contribution in [1.82, 2.24) is 15.0 Å². The van der Waals surface area contributed by atoms with Crippen molar-refractivity contribution in [2.75, 3.05) is 5.32 Å². The molecule has 7 heteroatoms. The van der Waals surface area contributed by atoms with Gasteiger partial charge in [0.2, 0.25) is 5.95 Å². The number of para-hydroxylation sites is 2. The van der Waals surface area contributed by atoms with E-state index in [0.29, 0.717) is 22.4 Å². The van der Waals surface area contributed by atoms with Gasteiger partial charge in [0.05, 0.1) is 11.0 Å². The molecule has 114 valence electrons. The van der Waals surface area contributed by atoms with E-state index in [2.05, 4.69) is 20.3 Å². The maximum Gasteiger partial charge on any atom is 0.277 e. The maximum absolute atomic E-state index is 12.3. The molecule has 0 aliphatic carbocycles. The highest BCUT2D eigenvalue weighted by Crippen LogP contribution is 2.25. The SMILES string of the molecule is Cc1ccc(-c2nc(C(=O)Nc3nc4ccccc4[nH]3)cs2)o1. The van der Waals surface area contributed by atoms with Gasteiger partial charge in [-0.2, -0.15) is 0 Å². The molecule has 0 fully saturated rings. The van der Waals surface area contributed by atoms with Gasteiger partial charge < -0.3 is 9.40 Å². The summed E-state index contributed by atoms with van der Waals surface area (Å²) in [4.78, 5) is 24.0. The van der Waals surface area contributed by atoms with Crippen LogP contribution in [0, 0.1) is 6.92 Å². The van der Waals surface area contributed by atoms with Crippen molar-refractivity contribution in [3.63, 3.8) is 0 Å². The Labute approximate surface area is 135 Å². The number of hydrogen-bond acceptors (Lipinski definition) is 5. The Hall–Kier alpha value is -2.93. The van der Waals surface area contributed by atoms with Crippen LogP contribution in [0.4, 0.5) is 5.95 Å². The normalized spacial score (nSPS) is 11.0. The molecule has 0 spiro atoms. The summed E-state index contributed by atoms with van der Waals surface area (Å²) < 4.78 is 5.52. The van der Waals surface area contributed by atoms with Crippen LogP contribution in [0.2, 0.25) is 0 Å². The fourth-order valence-electron chi connectivity index (χ4n) is 2.22. The van der Waals surface area contributed by atoms with E-state index >= 15 is 0 Å². The Balaban J connectivity index is 1.56. The number of imidazole rings is 1. The molecule has 0 aliphatic rings. The smallest absolute Gasteiger partial charge is 0.277 e. The third-order valence-corrected chi connectivity index (χ3v) is 4.17. The summed E-state index contributed by atoms with van der Waals surface area (Å²) in [5.41, 5.74) is 2.00. The van der Waals surface area contributed by atoms with E-state index in [4.69, 9.17) is 4.42 Å². The topological polar surface area (TPSA) is 83.8 Å². The molecule has 3 heterocycles. The van der Waals surface area contributed by atoms with Crippen molar-refractivity contribution in [2.45, 2.75) is 6.92 Å². The summed E-state index contributed by atoms with van der Waals surface area (Å²) in [6.07, 6.45) is 0. The van der Waals surface area contributed by atoms with Gasteiger partial charge in [-0.05, 0) is 31.2 Å². The summed E-state index contributed by atoms with van der Waals surface area (Å²) in [5.74, 6) is 1.56. The van der Waals surface area contributed by atoms with Crippen LogP contribution < -0.4 is 5.32 Å². The highest BCUT2D eigenvalue weighted by atomic mass is 32.1. The number of anilines is 1. The monoisotopic (exact) mass is 324 g/mol. The predicted octanol–water partition coefficient (Wildman–Crippen LogP) is 3.84. The molecule has 3 aromatic heterocycles. The summed E-state index contributed by atoms with van der Waals surface area (Å²) >= 11 is 1.36. The number of aryl methyl sites for hydroxylation is 1. The lowest BCUT2D eigenvalue weighted by Crippen LogP contribution is -2.13. The van der Waals surface area contributed by atoms with Crippen LogP contribution in [0.1, 0.15) is 16.2 Å². The van der Waals surface area contributed by atoms with Crippen molar-refractivity contribution in [2.24, 2.45) is 0 Å². The van der Waals surface area contributed by atoms with E-state index in [0.717, 1.165) is 16.8 Å². The zero-order chi connectivity index (χ0) is 15.8. The van der Waals surface area contributed by atoms with Crippen molar-refractivity contribution in [3.05, 3.63) is 53.2 Å². The van der Waals surface area contributed by atoms with Gasteiger partial charge in [0.15, 0.2) is 10.8 Å². The predicted molar refractivity (Wildman–Crippen MR) is 88.6 cm³/mol. The van der Waals surface area contributed by atoms with Crippen LogP contribution in [-0.4, -0.2) is 20.9 Å². The molecule has 4 rings (SSSR count). The number of nitrogens with one attached hydrogen (secondary N) is 2. The van der Waals surface area contributed by atoms with Gasteiger partial charge in [-0.25, -0.2) is 9.97 Å². The molecule has 0 unspecified atom stereocenters. The number of furan rings is 1. The molecule has 1 amide bonds. The quantitative estimate of drug-likeness (QED) is 0.599. The Morgan fingerprint density at radius 1 is 1.22 bits per heavy atom. The van der Waals surface area contributed by atoms with Gasteiger partial charge in [-0.15, -0.1) is 11.3 Å². The molecule has 6 nitrogen and oxygen atoms in total. The Morgan fingerprint density at radius 2 is 2.09 bits per heavy atom. The van der Waals surface area contributed by atoms with Gasteiger partial charge in [0.25, 0.3) is 5.91 Å². The molecule has 1 aromatic carbocycles. The lowest BCUT2D eigenvalue weighted by Gasteiger charge is -1.97. The van der Waals surface area contributed by atoms with E-state index in [1.54, 1.807) is 5.38 Å². The summed E-state index contributed by atoms with van der Waals surface area (Å²) in [6, 6.07) is 11.3. The third kappa shape index (κ3) is 2.62. The number of aromatic nitrogens is 3. The van der Waals surface area contributed by atoms with Gasteiger partial charge in [0, 0.05) is 5.38 Å². The number of fused-ring (bicyclic) bond motifs is 1. The molecule has 0 radical (unpaired) electrons. The van der Waals surface area contributed by atoms with Crippen molar-refractivity contribution < 1.29 is 9.21 Å². The number of amides is 1. The number of thiazole rings is 1.